The van der Waals surface area contributed by atoms with E-state index < -0.39 is 5.82 Å². The monoisotopic (exact) mass is 255 g/mol. The third-order valence-electron chi connectivity index (χ3n) is 3.76. The minimum Gasteiger partial charge on any atom is -0.396 e. The molecule has 0 amide bonds. The van der Waals surface area contributed by atoms with Crippen molar-refractivity contribution in [3.05, 3.63) is 35.4 Å². The Morgan fingerprint density at radius 2 is 2.22 bits per heavy atom. The molecule has 1 aromatic carbocycles. The van der Waals surface area contributed by atoms with Crippen LogP contribution in [0.2, 0.25) is 0 Å². The lowest BCUT2D eigenvalue weighted by atomic mass is 9.96. The molecule has 0 aliphatic carbocycles. The Kier molecular flexibility index (Phi) is 4.30. The SMILES string of the molecule is CC(c1cc(F)ccc1F)N1CCCC(CO)C1. The van der Waals surface area contributed by atoms with E-state index in [9.17, 15) is 13.9 Å². The van der Waals surface area contributed by atoms with E-state index in [2.05, 4.69) is 4.90 Å². The molecule has 100 valence electrons. The molecule has 2 unspecified atom stereocenters. The molecule has 1 aliphatic heterocycles. The molecule has 1 aliphatic rings. The van der Waals surface area contributed by atoms with Crippen molar-refractivity contribution in [3.8, 4) is 0 Å². The number of aliphatic hydroxyl groups is 1. The molecule has 0 aromatic heterocycles. The Morgan fingerprint density at radius 1 is 1.44 bits per heavy atom. The standard InChI is InChI=1S/C14H19F2NO/c1-10(13-7-12(15)4-5-14(13)16)17-6-2-3-11(8-17)9-18/h4-5,7,10-11,18H,2-3,6,8-9H2,1H3. The van der Waals surface area contributed by atoms with Crippen LogP contribution >= 0.6 is 0 Å². The predicted octanol–water partition coefficient (Wildman–Crippen LogP) is 2.73. The minimum absolute atomic E-state index is 0.157. The molecule has 0 spiro atoms. The maximum absolute atomic E-state index is 13.7. The molecule has 2 nitrogen and oxygen atoms in total. The first-order valence-corrected chi connectivity index (χ1v) is 6.41. The summed E-state index contributed by atoms with van der Waals surface area (Å²) in [6.07, 6.45) is 2.00. The van der Waals surface area contributed by atoms with E-state index in [-0.39, 0.29) is 24.4 Å². The van der Waals surface area contributed by atoms with E-state index in [4.69, 9.17) is 0 Å². The molecule has 0 radical (unpaired) electrons. The summed E-state index contributed by atoms with van der Waals surface area (Å²) in [5.74, 6) is -0.526. The summed E-state index contributed by atoms with van der Waals surface area (Å²) < 4.78 is 26.9. The second kappa shape index (κ2) is 5.76. The van der Waals surface area contributed by atoms with Gasteiger partial charge in [0.05, 0.1) is 0 Å². The molecule has 1 saturated heterocycles. The van der Waals surface area contributed by atoms with E-state index >= 15 is 0 Å². The van der Waals surface area contributed by atoms with Crippen LogP contribution in [0.4, 0.5) is 8.78 Å². The normalized spacial score (nSPS) is 23.0. The molecule has 0 saturated carbocycles. The Hall–Kier alpha value is -1.00. The van der Waals surface area contributed by atoms with Gasteiger partial charge >= 0.3 is 0 Å². The predicted molar refractivity (Wildman–Crippen MR) is 66.2 cm³/mol. The number of aliphatic hydroxyl groups excluding tert-OH is 1. The first-order valence-electron chi connectivity index (χ1n) is 6.41. The molecule has 2 atom stereocenters. The number of piperidine rings is 1. The highest BCUT2D eigenvalue weighted by atomic mass is 19.1. The van der Waals surface area contributed by atoms with Crippen LogP contribution in [-0.4, -0.2) is 29.7 Å². The maximum atomic E-state index is 13.7. The molecule has 1 fully saturated rings. The van der Waals surface area contributed by atoms with Crippen LogP contribution in [-0.2, 0) is 0 Å². The van der Waals surface area contributed by atoms with Gasteiger partial charge in [-0.25, -0.2) is 8.78 Å². The van der Waals surface area contributed by atoms with Crippen LogP contribution in [0.25, 0.3) is 0 Å². The van der Waals surface area contributed by atoms with Gasteiger partial charge in [-0.2, -0.15) is 0 Å². The molecule has 2 rings (SSSR count). The second-order valence-electron chi connectivity index (χ2n) is 5.03. The Balaban J connectivity index is 2.14. The number of halogens is 2. The summed E-state index contributed by atoms with van der Waals surface area (Å²) >= 11 is 0. The number of rotatable bonds is 3. The molecule has 1 aromatic rings. The second-order valence-corrected chi connectivity index (χ2v) is 5.03. The third-order valence-corrected chi connectivity index (χ3v) is 3.76. The number of nitrogens with zero attached hydrogens (tertiary/aromatic N) is 1. The smallest absolute Gasteiger partial charge is 0.128 e. The van der Waals surface area contributed by atoms with E-state index in [1.54, 1.807) is 0 Å². The summed E-state index contributed by atoms with van der Waals surface area (Å²) in [7, 11) is 0. The first-order chi connectivity index (χ1) is 8.61. The number of hydrogen-bond acceptors (Lipinski definition) is 2. The average molecular weight is 255 g/mol. The summed E-state index contributed by atoms with van der Waals surface area (Å²) in [5, 5.41) is 9.20. The van der Waals surface area contributed by atoms with Crippen molar-refractivity contribution in [1.82, 2.24) is 4.90 Å². The van der Waals surface area contributed by atoms with Crippen LogP contribution < -0.4 is 0 Å². The largest absolute Gasteiger partial charge is 0.396 e. The number of likely N-dealkylation sites (tertiary alicyclic amines) is 1. The summed E-state index contributed by atoms with van der Waals surface area (Å²) in [6.45, 7) is 3.66. The van der Waals surface area contributed by atoms with Crippen molar-refractivity contribution in [2.75, 3.05) is 19.7 Å². The van der Waals surface area contributed by atoms with Gasteiger partial charge in [-0.1, -0.05) is 0 Å². The van der Waals surface area contributed by atoms with E-state index in [0.29, 0.717) is 5.56 Å². The van der Waals surface area contributed by atoms with Crippen LogP contribution in [0, 0.1) is 17.6 Å². The lowest BCUT2D eigenvalue weighted by molar-refractivity contribution is 0.0922. The highest BCUT2D eigenvalue weighted by Crippen LogP contribution is 2.28. The zero-order valence-corrected chi connectivity index (χ0v) is 10.6. The fourth-order valence-corrected chi connectivity index (χ4v) is 2.63. The van der Waals surface area contributed by atoms with Gasteiger partial charge in [-0.3, -0.25) is 4.90 Å². The zero-order chi connectivity index (χ0) is 13.1. The van der Waals surface area contributed by atoms with Crippen molar-refractivity contribution < 1.29 is 13.9 Å². The third kappa shape index (κ3) is 2.87. The van der Waals surface area contributed by atoms with Crippen LogP contribution in [0.3, 0.4) is 0 Å². The lowest BCUT2D eigenvalue weighted by Crippen LogP contribution is -2.38. The fourth-order valence-electron chi connectivity index (χ4n) is 2.63. The van der Waals surface area contributed by atoms with E-state index in [1.165, 1.54) is 12.1 Å². The molecule has 1 N–H and O–H groups in total. The van der Waals surface area contributed by atoms with Gasteiger partial charge in [0, 0.05) is 24.8 Å². The van der Waals surface area contributed by atoms with Gasteiger partial charge in [-0.15, -0.1) is 0 Å². The molecule has 18 heavy (non-hydrogen) atoms. The van der Waals surface area contributed by atoms with Gasteiger partial charge < -0.3 is 5.11 Å². The Labute approximate surface area is 106 Å². The summed E-state index contributed by atoms with van der Waals surface area (Å²) in [4.78, 5) is 2.11. The first kappa shape index (κ1) is 13.4. The molecule has 4 heteroatoms. The van der Waals surface area contributed by atoms with Crippen LogP contribution in [0.5, 0.6) is 0 Å². The Morgan fingerprint density at radius 3 is 2.94 bits per heavy atom. The molecular weight excluding hydrogens is 236 g/mol. The summed E-state index contributed by atoms with van der Waals surface area (Å²) in [5.41, 5.74) is 0.397. The van der Waals surface area contributed by atoms with Gasteiger partial charge in [0.2, 0.25) is 0 Å². The maximum Gasteiger partial charge on any atom is 0.128 e. The molecular formula is C14H19F2NO. The average Bonchev–Trinajstić information content (AvgIpc) is 2.41. The topological polar surface area (TPSA) is 23.5 Å². The van der Waals surface area contributed by atoms with Crippen molar-refractivity contribution in [3.63, 3.8) is 0 Å². The van der Waals surface area contributed by atoms with Gasteiger partial charge in [0.25, 0.3) is 0 Å². The highest BCUT2D eigenvalue weighted by molar-refractivity contribution is 5.22. The highest BCUT2D eigenvalue weighted by Gasteiger charge is 2.25. The number of hydrogen-bond donors (Lipinski definition) is 1. The van der Waals surface area contributed by atoms with E-state index in [1.807, 2.05) is 6.92 Å². The van der Waals surface area contributed by atoms with E-state index in [0.717, 1.165) is 32.0 Å². The molecule has 1 heterocycles. The Bertz CT molecular complexity index is 411. The quantitative estimate of drug-likeness (QED) is 0.897. The van der Waals surface area contributed by atoms with Crippen molar-refractivity contribution in [1.29, 1.82) is 0 Å². The van der Waals surface area contributed by atoms with Crippen molar-refractivity contribution >= 4 is 0 Å². The van der Waals surface area contributed by atoms with Crippen molar-refractivity contribution in [2.24, 2.45) is 5.92 Å². The lowest BCUT2D eigenvalue weighted by Gasteiger charge is -2.36. The van der Waals surface area contributed by atoms with Gasteiger partial charge in [0.1, 0.15) is 11.6 Å². The van der Waals surface area contributed by atoms with Gasteiger partial charge in [-0.05, 0) is 50.4 Å². The van der Waals surface area contributed by atoms with Crippen LogP contribution in [0.15, 0.2) is 18.2 Å². The zero-order valence-electron chi connectivity index (χ0n) is 10.6. The summed E-state index contributed by atoms with van der Waals surface area (Å²) in [6, 6.07) is 3.42. The van der Waals surface area contributed by atoms with Gasteiger partial charge in [0.15, 0.2) is 0 Å². The van der Waals surface area contributed by atoms with Crippen LogP contribution in [0.1, 0.15) is 31.4 Å². The number of benzene rings is 1. The fraction of sp³-hybridized carbons (Fsp3) is 0.571. The molecule has 0 bridgehead atoms. The minimum atomic E-state index is -0.408. The van der Waals surface area contributed by atoms with Crippen molar-refractivity contribution in [2.45, 2.75) is 25.8 Å².